The molecule has 3 nitrogen and oxygen atoms in total. The molecule has 1 aromatic carbocycles. The van der Waals surface area contributed by atoms with Crippen molar-refractivity contribution in [1.29, 1.82) is 0 Å². The van der Waals surface area contributed by atoms with Gasteiger partial charge < -0.3 is 5.32 Å². The Morgan fingerprint density at radius 2 is 2.05 bits per heavy atom. The molecule has 1 N–H and O–H groups in total. The standard InChI is InChI=1S/C18H27N3/c1-4-12-19-13-8-9-15(3)14-17-16-10-6-7-11-18(16)21(5-2)20-17/h6-7,9-11,19H,4-5,8,12-14H2,1-3H3. The number of benzene rings is 1. The van der Waals surface area contributed by atoms with Crippen molar-refractivity contribution >= 4 is 10.9 Å². The van der Waals surface area contributed by atoms with Gasteiger partial charge in [-0.2, -0.15) is 5.10 Å². The van der Waals surface area contributed by atoms with E-state index in [1.807, 2.05) is 0 Å². The highest BCUT2D eigenvalue weighted by Crippen LogP contribution is 2.20. The lowest BCUT2D eigenvalue weighted by Gasteiger charge is -2.02. The fourth-order valence-corrected chi connectivity index (χ4v) is 2.63. The van der Waals surface area contributed by atoms with Gasteiger partial charge in [0.05, 0.1) is 11.2 Å². The second-order valence-electron chi connectivity index (χ2n) is 5.55. The summed E-state index contributed by atoms with van der Waals surface area (Å²) in [5.41, 5.74) is 3.84. The minimum Gasteiger partial charge on any atom is -0.316 e. The molecule has 1 aromatic heterocycles. The molecular weight excluding hydrogens is 258 g/mol. The molecule has 0 aliphatic rings. The minimum absolute atomic E-state index is 0.921. The van der Waals surface area contributed by atoms with Gasteiger partial charge in [0, 0.05) is 18.4 Å². The number of hydrogen-bond donors (Lipinski definition) is 1. The highest BCUT2D eigenvalue weighted by molar-refractivity contribution is 5.82. The Balaban J connectivity index is 2.04. The number of allylic oxidation sites excluding steroid dienone is 1. The van der Waals surface area contributed by atoms with E-state index in [9.17, 15) is 0 Å². The lowest BCUT2D eigenvalue weighted by molar-refractivity contribution is 0.669. The summed E-state index contributed by atoms with van der Waals surface area (Å²) < 4.78 is 2.10. The Bertz CT molecular complexity index is 596. The first-order valence-corrected chi connectivity index (χ1v) is 8.07. The quantitative estimate of drug-likeness (QED) is 0.588. The third-order valence-corrected chi connectivity index (χ3v) is 3.72. The summed E-state index contributed by atoms with van der Waals surface area (Å²) in [5.74, 6) is 0. The molecule has 0 saturated heterocycles. The van der Waals surface area contributed by atoms with Crippen LogP contribution in [0.4, 0.5) is 0 Å². The molecule has 0 unspecified atom stereocenters. The van der Waals surface area contributed by atoms with Crippen LogP contribution in [-0.4, -0.2) is 22.9 Å². The summed E-state index contributed by atoms with van der Waals surface area (Å²) in [5, 5.41) is 9.49. The van der Waals surface area contributed by atoms with Gasteiger partial charge in [0.2, 0.25) is 0 Å². The van der Waals surface area contributed by atoms with Crippen LogP contribution in [0.15, 0.2) is 35.9 Å². The minimum atomic E-state index is 0.921. The van der Waals surface area contributed by atoms with Crippen LogP contribution < -0.4 is 5.32 Å². The van der Waals surface area contributed by atoms with E-state index in [1.54, 1.807) is 0 Å². The van der Waals surface area contributed by atoms with Gasteiger partial charge in [-0.1, -0.05) is 36.8 Å². The van der Waals surface area contributed by atoms with E-state index >= 15 is 0 Å². The molecule has 2 aromatic rings. The van der Waals surface area contributed by atoms with Crippen molar-refractivity contribution in [3.8, 4) is 0 Å². The van der Waals surface area contributed by atoms with Crippen molar-refractivity contribution < 1.29 is 0 Å². The lowest BCUT2D eigenvalue weighted by atomic mass is 10.1. The predicted molar refractivity (Wildman–Crippen MR) is 90.6 cm³/mol. The molecule has 0 aliphatic carbocycles. The fraction of sp³-hybridized carbons (Fsp3) is 0.500. The summed E-state index contributed by atoms with van der Waals surface area (Å²) in [6.07, 6.45) is 5.57. The number of hydrogen-bond acceptors (Lipinski definition) is 2. The lowest BCUT2D eigenvalue weighted by Crippen LogP contribution is -2.15. The van der Waals surface area contributed by atoms with E-state index in [4.69, 9.17) is 5.10 Å². The second-order valence-corrected chi connectivity index (χ2v) is 5.55. The van der Waals surface area contributed by atoms with Gasteiger partial charge in [-0.15, -0.1) is 0 Å². The van der Waals surface area contributed by atoms with Crippen LogP contribution in [0, 0.1) is 0 Å². The zero-order valence-corrected chi connectivity index (χ0v) is 13.5. The fourth-order valence-electron chi connectivity index (χ4n) is 2.63. The number of fused-ring (bicyclic) bond motifs is 1. The highest BCUT2D eigenvalue weighted by atomic mass is 15.3. The van der Waals surface area contributed by atoms with Gasteiger partial charge >= 0.3 is 0 Å². The van der Waals surface area contributed by atoms with E-state index in [1.165, 1.54) is 28.6 Å². The maximum Gasteiger partial charge on any atom is 0.0743 e. The summed E-state index contributed by atoms with van der Waals surface area (Å²) in [7, 11) is 0. The predicted octanol–water partition coefficient (Wildman–Crippen LogP) is 3.93. The Kier molecular flexibility index (Phi) is 6.00. The molecule has 0 fully saturated rings. The van der Waals surface area contributed by atoms with Gasteiger partial charge in [-0.3, -0.25) is 4.68 Å². The van der Waals surface area contributed by atoms with Gasteiger partial charge in [0.25, 0.3) is 0 Å². The van der Waals surface area contributed by atoms with E-state index in [0.717, 1.165) is 32.5 Å². The highest BCUT2D eigenvalue weighted by Gasteiger charge is 2.09. The first kappa shape index (κ1) is 15.8. The van der Waals surface area contributed by atoms with E-state index in [0.29, 0.717) is 0 Å². The number of nitrogens with zero attached hydrogens (tertiary/aromatic N) is 2. The van der Waals surface area contributed by atoms with Crippen LogP contribution in [0.25, 0.3) is 10.9 Å². The van der Waals surface area contributed by atoms with Crippen LogP contribution in [0.5, 0.6) is 0 Å². The topological polar surface area (TPSA) is 29.9 Å². The Hall–Kier alpha value is -1.61. The first-order chi connectivity index (χ1) is 10.3. The van der Waals surface area contributed by atoms with Crippen LogP contribution in [0.3, 0.4) is 0 Å². The number of nitrogens with one attached hydrogen (secondary N) is 1. The van der Waals surface area contributed by atoms with Crippen molar-refractivity contribution in [2.75, 3.05) is 13.1 Å². The van der Waals surface area contributed by atoms with E-state index in [-0.39, 0.29) is 0 Å². The molecule has 1 heterocycles. The number of aromatic nitrogens is 2. The average molecular weight is 285 g/mol. The Morgan fingerprint density at radius 1 is 1.24 bits per heavy atom. The first-order valence-electron chi connectivity index (χ1n) is 8.07. The maximum atomic E-state index is 4.77. The van der Waals surface area contributed by atoms with Crippen molar-refractivity contribution in [2.45, 2.75) is 46.6 Å². The van der Waals surface area contributed by atoms with Crippen LogP contribution >= 0.6 is 0 Å². The number of para-hydroxylation sites is 1. The molecule has 21 heavy (non-hydrogen) atoms. The molecule has 0 radical (unpaired) electrons. The van der Waals surface area contributed by atoms with E-state index in [2.05, 4.69) is 61.1 Å². The normalized spacial score (nSPS) is 12.2. The molecule has 0 bridgehead atoms. The molecule has 0 aliphatic heterocycles. The number of aryl methyl sites for hydroxylation is 1. The maximum absolute atomic E-state index is 4.77. The van der Waals surface area contributed by atoms with Crippen LogP contribution in [0.2, 0.25) is 0 Å². The monoisotopic (exact) mass is 285 g/mol. The van der Waals surface area contributed by atoms with Crippen molar-refractivity contribution in [3.63, 3.8) is 0 Å². The molecule has 0 atom stereocenters. The van der Waals surface area contributed by atoms with Crippen molar-refractivity contribution in [1.82, 2.24) is 15.1 Å². The van der Waals surface area contributed by atoms with Crippen LogP contribution in [-0.2, 0) is 13.0 Å². The summed E-state index contributed by atoms with van der Waals surface area (Å²) in [6, 6.07) is 8.52. The van der Waals surface area contributed by atoms with Crippen LogP contribution in [0.1, 0.15) is 39.3 Å². The third kappa shape index (κ3) is 4.18. The smallest absolute Gasteiger partial charge is 0.0743 e. The molecule has 2 rings (SSSR count). The molecular formula is C18H27N3. The Morgan fingerprint density at radius 3 is 2.81 bits per heavy atom. The van der Waals surface area contributed by atoms with Crippen molar-refractivity contribution in [2.24, 2.45) is 0 Å². The molecule has 0 saturated carbocycles. The average Bonchev–Trinajstić information content (AvgIpc) is 2.85. The SMILES string of the molecule is CCCNCCC=C(C)Cc1nn(CC)c2ccccc12. The van der Waals surface area contributed by atoms with Gasteiger partial charge in [0.15, 0.2) is 0 Å². The van der Waals surface area contributed by atoms with Gasteiger partial charge in [0.1, 0.15) is 0 Å². The molecule has 0 amide bonds. The van der Waals surface area contributed by atoms with Gasteiger partial charge in [-0.05, 0) is 45.8 Å². The Labute approximate surface area is 128 Å². The number of rotatable bonds is 8. The third-order valence-electron chi connectivity index (χ3n) is 3.72. The summed E-state index contributed by atoms with van der Waals surface area (Å²) in [4.78, 5) is 0. The molecule has 114 valence electrons. The van der Waals surface area contributed by atoms with Crippen molar-refractivity contribution in [3.05, 3.63) is 41.6 Å². The van der Waals surface area contributed by atoms with Gasteiger partial charge in [-0.25, -0.2) is 0 Å². The zero-order valence-electron chi connectivity index (χ0n) is 13.5. The second kappa shape index (κ2) is 7.99. The summed E-state index contributed by atoms with van der Waals surface area (Å²) >= 11 is 0. The summed E-state index contributed by atoms with van der Waals surface area (Å²) in [6.45, 7) is 9.64. The molecule has 0 spiro atoms. The molecule has 3 heteroatoms. The van der Waals surface area contributed by atoms with E-state index < -0.39 is 0 Å². The largest absolute Gasteiger partial charge is 0.316 e. The zero-order chi connectivity index (χ0) is 15.1.